The number of rotatable bonds is 4. The Morgan fingerprint density at radius 1 is 1.12 bits per heavy atom. The van der Waals surface area contributed by atoms with Gasteiger partial charge < -0.3 is 5.11 Å². The fourth-order valence-electron chi connectivity index (χ4n) is 3.46. The smallest absolute Gasteiger partial charge is 0.129 e. The fraction of sp³-hybridized carbons (Fsp3) is 0.350. The van der Waals surface area contributed by atoms with Gasteiger partial charge in [0.25, 0.3) is 0 Å². The Morgan fingerprint density at radius 2 is 1.92 bits per heavy atom. The van der Waals surface area contributed by atoms with Gasteiger partial charge in [-0.3, -0.25) is 9.58 Å². The Balaban J connectivity index is 1.70. The second-order valence-electron chi connectivity index (χ2n) is 6.72. The molecule has 0 radical (unpaired) electrons. The zero-order valence-corrected chi connectivity index (χ0v) is 15.2. The predicted molar refractivity (Wildman–Crippen MR) is 99.5 cm³/mol. The zero-order chi connectivity index (χ0) is 18.1. The number of aromatic nitrogens is 4. The lowest BCUT2D eigenvalue weighted by atomic mass is 9.98. The number of nitrogens with zero attached hydrogens (tertiary/aromatic N) is 5. The largest absolute Gasteiger partial charge is 0.508 e. The highest BCUT2D eigenvalue weighted by Crippen LogP contribution is 2.30. The summed E-state index contributed by atoms with van der Waals surface area (Å²) in [7, 11) is 1.98. The molecule has 0 saturated carbocycles. The van der Waals surface area contributed by atoms with Gasteiger partial charge in [-0.05, 0) is 30.3 Å². The highest BCUT2D eigenvalue weighted by molar-refractivity contribution is 5.65. The van der Waals surface area contributed by atoms with Crippen LogP contribution in [0.25, 0.3) is 11.3 Å². The van der Waals surface area contributed by atoms with Crippen molar-refractivity contribution < 1.29 is 5.11 Å². The molecule has 0 aliphatic carbocycles. The second kappa shape index (κ2) is 6.88. The van der Waals surface area contributed by atoms with Crippen molar-refractivity contribution in [1.82, 2.24) is 24.6 Å². The van der Waals surface area contributed by atoms with Crippen molar-refractivity contribution in [3.63, 3.8) is 0 Å². The maximum atomic E-state index is 9.61. The highest BCUT2D eigenvalue weighted by atomic mass is 16.3. The van der Waals surface area contributed by atoms with Crippen molar-refractivity contribution in [2.75, 3.05) is 6.54 Å². The van der Waals surface area contributed by atoms with Crippen LogP contribution in [0.3, 0.4) is 0 Å². The summed E-state index contributed by atoms with van der Waals surface area (Å²) in [6, 6.07) is 9.35. The van der Waals surface area contributed by atoms with E-state index in [0.717, 1.165) is 55.3 Å². The van der Waals surface area contributed by atoms with Crippen LogP contribution in [0.4, 0.5) is 0 Å². The zero-order valence-electron chi connectivity index (χ0n) is 15.2. The van der Waals surface area contributed by atoms with Gasteiger partial charge in [0.15, 0.2) is 0 Å². The van der Waals surface area contributed by atoms with Crippen LogP contribution >= 0.6 is 0 Å². The van der Waals surface area contributed by atoms with E-state index in [0.29, 0.717) is 0 Å². The van der Waals surface area contributed by atoms with E-state index in [2.05, 4.69) is 23.0 Å². The summed E-state index contributed by atoms with van der Waals surface area (Å²) >= 11 is 0. The van der Waals surface area contributed by atoms with Gasteiger partial charge >= 0.3 is 0 Å². The monoisotopic (exact) mass is 349 g/mol. The van der Waals surface area contributed by atoms with Crippen molar-refractivity contribution in [3.05, 3.63) is 59.3 Å². The number of benzene rings is 1. The van der Waals surface area contributed by atoms with Crippen molar-refractivity contribution in [2.24, 2.45) is 7.05 Å². The molecule has 26 heavy (non-hydrogen) atoms. The molecule has 0 fully saturated rings. The van der Waals surface area contributed by atoms with E-state index < -0.39 is 0 Å². The number of phenolic OH excluding ortho intramolecular Hbond substituents is 1. The van der Waals surface area contributed by atoms with Crippen LogP contribution in [0.2, 0.25) is 0 Å². The number of aryl methyl sites for hydroxylation is 2. The molecule has 1 N–H and O–H groups in total. The Labute approximate surface area is 153 Å². The van der Waals surface area contributed by atoms with Gasteiger partial charge in [0.2, 0.25) is 0 Å². The first-order valence-corrected chi connectivity index (χ1v) is 9.01. The number of hydrogen-bond acceptors (Lipinski definition) is 5. The van der Waals surface area contributed by atoms with Gasteiger partial charge in [0.05, 0.1) is 17.1 Å². The van der Waals surface area contributed by atoms with Gasteiger partial charge in [-0.25, -0.2) is 9.97 Å². The molecule has 1 aliphatic rings. The quantitative estimate of drug-likeness (QED) is 0.784. The molecule has 3 heterocycles. The molecular formula is C20H23N5O. The normalized spacial score (nSPS) is 14.4. The molecule has 0 bridgehead atoms. The van der Waals surface area contributed by atoms with Crippen LogP contribution in [-0.2, 0) is 33.0 Å². The third kappa shape index (κ3) is 3.20. The molecule has 3 aromatic rings. The third-order valence-corrected chi connectivity index (χ3v) is 4.95. The standard InChI is InChI=1S/C20H23N5O/c1-3-19-22-18-9-11-25(12-15-8-10-21-24(15)2)13-17(18)20(23-19)14-4-6-16(26)7-5-14/h4-8,10,26H,3,9,11-13H2,1-2H3. The van der Waals surface area contributed by atoms with Crippen molar-refractivity contribution in [2.45, 2.75) is 32.9 Å². The Bertz CT molecular complexity index is 916. The van der Waals surface area contributed by atoms with E-state index >= 15 is 0 Å². The molecule has 0 saturated heterocycles. The summed E-state index contributed by atoms with van der Waals surface area (Å²) in [6.07, 6.45) is 3.58. The summed E-state index contributed by atoms with van der Waals surface area (Å²) < 4.78 is 1.92. The van der Waals surface area contributed by atoms with E-state index in [1.807, 2.05) is 30.1 Å². The van der Waals surface area contributed by atoms with Crippen LogP contribution in [0.5, 0.6) is 5.75 Å². The van der Waals surface area contributed by atoms with Crippen molar-refractivity contribution >= 4 is 0 Å². The Kier molecular flexibility index (Phi) is 4.42. The van der Waals surface area contributed by atoms with Crippen molar-refractivity contribution in [3.8, 4) is 17.0 Å². The van der Waals surface area contributed by atoms with Gasteiger partial charge in [-0.1, -0.05) is 6.92 Å². The average Bonchev–Trinajstić information content (AvgIpc) is 3.06. The molecule has 2 aromatic heterocycles. The minimum absolute atomic E-state index is 0.269. The van der Waals surface area contributed by atoms with Gasteiger partial charge in [0, 0.05) is 56.8 Å². The van der Waals surface area contributed by atoms with Crippen LogP contribution in [-0.4, -0.2) is 36.3 Å². The predicted octanol–water partition coefficient (Wildman–Crippen LogP) is 2.70. The van der Waals surface area contributed by atoms with Crippen molar-refractivity contribution in [1.29, 1.82) is 0 Å². The van der Waals surface area contributed by atoms with Gasteiger partial charge in [0.1, 0.15) is 11.6 Å². The lowest BCUT2D eigenvalue weighted by Crippen LogP contribution is -2.32. The second-order valence-corrected chi connectivity index (χ2v) is 6.72. The summed E-state index contributed by atoms with van der Waals surface area (Å²) in [5.74, 6) is 1.15. The molecule has 0 atom stereocenters. The molecule has 4 rings (SSSR count). The van der Waals surface area contributed by atoms with Crippen LogP contribution < -0.4 is 0 Å². The number of phenols is 1. The fourth-order valence-corrected chi connectivity index (χ4v) is 3.46. The highest BCUT2D eigenvalue weighted by Gasteiger charge is 2.23. The number of aromatic hydroxyl groups is 1. The van der Waals surface area contributed by atoms with Gasteiger partial charge in [-0.2, -0.15) is 5.10 Å². The maximum absolute atomic E-state index is 9.61. The maximum Gasteiger partial charge on any atom is 0.129 e. The molecule has 1 aromatic carbocycles. The van der Waals surface area contributed by atoms with Gasteiger partial charge in [-0.15, -0.1) is 0 Å². The molecule has 134 valence electrons. The minimum Gasteiger partial charge on any atom is -0.508 e. The summed E-state index contributed by atoms with van der Waals surface area (Å²) in [5, 5.41) is 13.9. The molecular weight excluding hydrogens is 326 g/mol. The van der Waals surface area contributed by atoms with E-state index in [-0.39, 0.29) is 5.75 Å². The van der Waals surface area contributed by atoms with E-state index in [9.17, 15) is 5.11 Å². The number of fused-ring (bicyclic) bond motifs is 1. The molecule has 1 aliphatic heterocycles. The van der Waals surface area contributed by atoms with E-state index in [1.54, 1.807) is 12.1 Å². The number of hydrogen-bond donors (Lipinski definition) is 1. The third-order valence-electron chi connectivity index (χ3n) is 4.95. The van der Waals surface area contributed by atoms with Crippen LogP contribution in [0.1, 0.15) is 29.7 Å². The first-order valence-electron chi connectivity index (χ1n) is 9.01. The summed E-state index contributed by atoms with van der Waals surface area (Å²) in [4.78, 5) is 12.0. The summed E-state index contributed by atoms with van der Waals surface area (Å²) in [6.45, 7) is 4.74. The van der Waals surface area contributed by atoms with E-state index in [1.165, 1.54) is 11.3 Å². The lowest BCUT2D eigenvalue weighted by Gasteiger charge is -2.29. The minimum atomic E-state index is 0.269. The van der Waals surface area contributed by atoms with Crippen LogP contribution in [0, 0.1) is 0 Å². The Hall–Kier alpha value is -2.73. The molecule has 0 spiro atoms. The van der Waals surface area contributed by atoms with Crippen LogP contribution in [0.15, 0.2) is 36.5 Å². The lowest BCUT2D eigenvalue weighted by molar-refractivity contribution is 0.237. The Morgan fingerprint density at radius 3 is 2.62 bits per heavy atom. The first kappa shape index (κ1) is 16.7. The average molecular weight is 349 g/mol. The van der Waals surface area contributed by atoms with E-state index in [4.69, 9.17) is 9.97 Å². The molecule has 6 heteroatoms. The topological polar surface area (TPSA) is 67.1 Å². The molecule has 0 unspecified atom stereocenters. The summed E-state index contributed by atoms with van der Waals surface area (Å²) in [5.41, 5.74) is 5.56. The molecule has 6 nitrogen and oxygen atoms in total. The SMILES string of the molecule is CCc1nc2c(c(-c3ccc(O)cc3)n1)CN(Cc1ccnn1C)CC2. The first-order chi connectivity index (χ1) is 12.6. The molecule has 0 amide bonds.